The summed E-state index contributed by atoms with van der Waals surface area (Å²) in [6.45, 7) is 12.2. The third-order valence-corrected chi connectivity index (χ3v) is 10.4. The highest BCUT2D eigenvalue weighted by molar-refractivity contribution is 5.09. The predicted octanol–water partition coefficient (Wildman–Crippen LogP) is 7.10. The summed E-state index contributed by atoms with van der Waals surface area (Å²) in [6, 6.07) is 0. The molecule has 0 aromatic rings. The topological polar surface area (TPSA) is 20.2 Å². The van der Waals surface area contributed by atoms with E-state index in [9.17, 15) is 5.11 Å². The molecular weight excluding hydrogens is 340 g/mol. The van der Waals surface area contributed by atoms with Gasteiger partial charge in [0.2, 0.25) is 0 Å². The van der Waals surface area contributed by atoms with Crippen LogP contribution in [0.15, 0.2) is 12.2 Å². The van der Waals surface area contributed by atoms with Crippen LogP contribution in [-0.2, 0) is 0 Å². The van der Waals surface area contributed by atoms with E-state index in [1.807, 2.05) is 0 Å². The fraction of sp³-hybridized carbons (Fsp3) is 0.926. The van der Waals surface area contributed by atoms with Crippen LogP contribution in [0.3, 0.4) is 0 Å². The van der Waals surface area contributed by atoms with Crippen molar-refractivity contribution in [1.82, 2.24) is 0 Å². The lowest BCUT2D eigenvalue weighted by Gasteiger charge is -2.56. The molecule has 4 aliphatic carbocycles. The van der Waals surface area contributed by atoms with Crippen LogP contribution < -0.4 is 0 Å². The molecule has 10 atom stereocenters. The van der Waals surface area contributed by atoms with Crippen molar-refractivity contribution in [3.05, 3.63) is 12.2 Å². The summed E-state index contributed by atoms with van der Waals surface area (Å²) < 4.78 is 0. The zero-order valence-corrected chi connectivity index (χ0v) is 19.2. The molecule has 0 aromatic heterocycles. The van der Waals surface area contributed by atoms with Crippen LogP contribution in [0.2, 0.25) is 0 Å². The Morgan fingerprint density at radius 2 is 1.57 bits per heavy atom. The Labute approximate surface area is 174 Å². The number of aliphatic hydroxyl groups excluding tert-OH is 1. The van der Waals surface area contributed by atoms with Crippen molar-refractivity contribution >= 4 is 0 Å². The molecule has 0 bridgehead atoms. The molecule has 1 nitrogen and oxygen atoms in total. The second kappa shape index (κ2) is 8.09. The first kappa shape index (κ1) is 21.0. The van der Waals surface area contributed by atoms with Gasteiger partial charge in [-0.05, 0) is 116 Å². The van der Waals surface area contributed by atoms with Gasteiger partial charge in [-0.2, -0.15) is 0 Å². The first-order valence-electron chi connectivity index (χ1n) is 12.7. The van der Waals surface area contributed by atoms with E-state index < -0.39 is 0 Å². The third kappa shape index (κ3) is 3.63. The standard InChI is InChI=1S/C27H46O/c1-17(2)18(3)6-7-19(4)25-12-13-26-24-10-8-20-16-21(28)9-11-22(20)23(24)14-15-27(25,26)5/h6-7,17-26,28H,8-16H2,1-5H3/b7-6+/t18-,19+,20-,21-,22-,23-,24+,25+,26+,27+/m0/s1. The van der Waals surface area contributed by atoms with Gasteiger partial charge in [-0.25, -0.2) is 0 Å². The highest BCUT2D eigenvalue weighted by Crippen LogP contribution is 2.65. The van der Waals surface area contributed by atoms with Crippen LogP contribution in [0.1, 0.15) is 92.4 Å². The monoisotopic (exact) mass is 386 g/mol. The van der Waals surface area contributed by atoms with Gasteiger partial charge in [-0.3, -0.25) is 0 Å². The van der Waals surface area contributed by atoms with Crippen LogP contribution in [-0.4, -0.2) is 11.2 Å². The zero-order valence-electron chi connectivity index (χ0n) is 19.2. The quantitative estimate of drug-likeness (QED) is 0.511. The van der Waals surface area contributed by atoms with Crippen LogP contribution in [0, 0.1) is 58.7 Å². The maximum Gasteiger partial charge on any atom is 0.0543 e. The lowest BCUT2D eigenvalue weighted by Crippen LogP contribution is -2.49. The summed E-state index contributed by atoms with van der Waals surface area (Å²) in [6.07, 6.45) is 17.3. The van der Waals surface area contributed by atoms with Gasteiger partial charge < -0.3 is 5.11 Å². The Balaban J connectivity index is 1.46. The highest BCUT2D eigenvalue weighted by Gasteiger charge is 2.57. The smallest absolute Gasteiger partial charge is 0.0543 e. The Morgan fingerprint density at radius 1 is 0.821 bits per heavy atom. The summed E-state index contributed by atoms with van der Waals surface area (Å²) in [5, 5.41) is 10.1. The summed E-state index contributed by atoms with van der Waals surface area (Å²) in [4.78, 5) is 0. The van der Waals surface area contributed by atoms with E-state index in [0.29, 0.717) is 11.3 Å². The minimum absolute atomic E-state index is 0.00313. The molecule has 1 heteroatoms. The predicted molar refractivity (Wildman–Crippen MR) is 119 cm³/mol. The molecule has 4 fully saturated rings. The van der Waals surface area contributed by atoms with E-state index >= 15 is 0 Å². The average molecular weight is 387 g/mol. The summed E-state index contributed by atoms with van der Waals surface area (Å²) in [5.41, 5.74) is 0.576. The zero-order chi connectivity index (χ0) is 20.1. The Bertz CT molecular complexity index is 565. The second-order valence-electron chi connectivity index (χ2n) is 12.0. The third-order valence-electron chi connectivity index (χ3n) is 10.4. The SMILES string of the molecule is CC(C)[C@@H](C)/C=C/[C@@H](C)[C@H]1CC[C@@H]2[C@@H]3CC[C@H]4C[C@@H](O)CC[C@@H]4[C@@H]3CC[C@@]21C. The minimum Gasteiger partial charge on any atom is -0.393 e. The molecule has 0 spiro atoms. The molecule has 0 amide bonds. The van der Waals surface area contributed by atoms with Gasteiger partial charge in [-0.1, -0.05) is 46.8 Å². The minimum atomic E-state index is 0.00313. The van der Waals surface area contributed by atoms with Gasteiger partial charge in [0.15, 0.2) is 0 Å². The largest absolute Gasteiger partial charge is 0.393 e. The van der Waals surface area contributed by atoms with E-state index in [2.05, 4.69) is 46.8 Å². The molecule has 0 radical (unpaired) electrons. The van der Waals surface area contributed by atoms with Gasteiger partial charge in [-0.15, -0.1) is 0 Å². The molecule has 160 valence electrons. The van der Waals surface area contributed by atoms with E-state index in [-0.39, 0.29) is 6.10 Å². The first-order chi connectivity index (χ1) is 13.3. The van der Waals surface area contributed by atoms with Crippen LogP contribution in [0.25, 0.3) is 0 Å². The lowest BCUT2D eigenvalue weighted by molar-refractivity contribution is -0.0800. The van der Waals surface area contributed by atoms with Crippen molar-refractivity contribution in [2.45, 2.75) is 98.5 Å². The summed E-state index contributed by atoms with van der Waals surface area (Å²) in [7, 11) is 0. The maximum atomic E-state index is 10.1. The molecule has 4 aliphatic rings. The molecule has 0 heterocycles. The normalized spacial score (nSPS) is 48.2. The number of allylic oxidation sites excluding steroid dienone is 2. The number of hydrogen-bond acceptors (Lipinski definition) is 1. The first-order valence-corrected chi connectivity index (χ1v) is 12.7. The van der Waals surface area contributed by atoms with Crippen molar-refractivity contribution in [2.24, 2.45) is 58.7 Å². The van der Waals surface area contributed by atoms with Crippen molar-refractivity contribution in [1.29, 1.82) is 0 Å². The number of fused-ring (bicyclic) bond motifs is 5. The Hall–Kier alpha value is -0.300. The molecule has 4 saturated carbocycles. The molecule has 4 rings (SSSR count). The lowest BCUT2D eigenvalue weighted by atomic mass is 9.49. The number of hydrogen-bond donors (Lipinski definition) is 1. The van der Waals surface area contributed by atoms with Crippen LogP contribution >= 0.6 is 0 Å². The fourth-order valence-corrected chi connectivity index (χ4v) is 8.44. The van der Waals surface area contributed by atoms with E-state index in [4.69, 9.17) is 0 Å². The second-order valence-corrected chi connectivity index (χ2v) is 12.0. The Morgan fingerprint density at radius 3 is 2.32 bits per heavy atom. The molecular formula is C27H46O. The molecule has 1 N–H and O–H groups in total. The van der Waals surface area contributed by atoms with Crippen molar-refractivity contribution in [2.75, 3.05) is 0 Å². The summed E-state index contributed by atoms with van der Waals surface area (Å²) in [5.74, 6) is 7.79. The van der Waals surface area contributed by atoms with Gasteiger partial charge in [0, 0.05) is 0 Å². The van der Waals surface area contributed by atoms with E-state index in [1.54, 1.807) is 0 Å². The fourth-order valence-electron chi connectivity index (χ4n) is 8.44. The molecule has 0 unspecified atom stereocenters. The van der Waals surface area contributed by atoms with Gasteiger partial charge in [0.25, 0.3) is 0 Å². The molecule has 0 aliphatic heterocycles. The maximum absolute atomic E-state index is 10.1. The van der Waals surface area contributed by atoms with Crippen molar-refractivity contribution < 1.29 is 5.11 Å². The highest BCUT2D eigenvalue weighted by atomic mass is 16.3. The van der Waals surface area contributed by atoms with Gasteiger partial charge in [0.1, 0.15) is 0 Å². The number of aliphatic hydroxyl groups is 1. The van der Waals surface area contributed by atoms with E-state index in [0.717, 1.165) is 60.2 Å². The Kier molecular flexibility index (Phi) is 6.05. The summed E-state index contributed by atoms with van der Waals surface area (Å²) >= 11 is 0. The van der Waals surface area contributed by atoms with Gasteiger partial charge >= 0.3 is 0 Å². The molecule has 0 saturated heterocycles. The molecule has 0 aromatic carbocycles. The van der Waals surface area contributed by atoms with Crippen molar-refractivity contribution in [3.63, 3.8) is 0 Å². The van der Waals surface area contributed by atoms with Gasteiger partial charge in [0.05, 0.1) is 6.10 Å². The van der Waals surface area contributed by atoms with Crippen LogP contribution in [0.5, 0.6) is 0 Å². The molecule has 28 heavy (non-hydrogen) atoms. The average Bonchev–Trinajstić information content (AvgIpc) is 3.02. The van der Waals surface area contributed by atoms with Crippen molar-refractivity contribution in [3.8, 4) is 0 Å². The van der Waals surface area contributed by atoms with Crippen LogP contribution in [0.4, 0.5) is 0 Å². The number of rotatable bonds is 4. The van der Waals surface area contributed by atoms with E-state index in [1.165, 1.54) is 44.9 Å².